The van der Waals surface area contributed by atoms with Gasteiger partial charge in [-0.05, 0) is 35.7 Å². The van der Waals surface area contributed by atoms with Gasteiger partial charge in [0.25, 0.3) is 0 Å². The number of rotatable bonds is 4. The van der Waals surface area contributed by atoms with Gasteiger partial charge in [-0.3, -0.25) is 0 Å². The number of halogens is 1. The molecule has 0 bridgehead atoms. The van der Waals surface area contributed by atoms with Gasteiger partial charge in [-0.1, -0.05) is 30.3 Å². The zero-order valence-electron chi connectivity index (χ0n) is 10.6. The number of hydrogen-bond acceptors (Lipinski definition) is 2. The van der Waals surface area contributed by atoms with E-state index >= 15 is 0 Å². The fourth-order valence-corrected chi connectivity index (χ4v) is 3.74. The van der Waals surface area contributed by atoms with E-state index in [-0.39, 0.29) is 0 Å². The Hall–Kier alpha value is -1.12. The molecule has 1 unspecified atom stereocenters. The summed E-state index contributed by atoms with van der Waals surface area (Å²) in [6.07, 6.45) is 1.16. The Morgan fingerprint density at radius 1 is 1.11 bits per heavy atom. The summed E-state index contributed by atoms with van der Waals surface area (Å²) >= 11 is 7.77. The topological polar surface area (TPSA) is 12.0 Å². The van der Waals surface area contributed by atoms with Gasteiger partial charge in [-0.15, -0.1) is 23.4 Å². The van der Waals surface area contributed by atoms with Crippen molar-refractivity contribution in [3.8, 4) is 0 Å². The Bertz CT molecular complexity index is 528. The minimum Gasteiger partial charge on any atom is -0.384 e. The van der Waals surface area contributed by atoms with Crippen LogP contribution in [-0.4, -0.2) is 11.8 Å². The van der Waals surface area contributed by atoms with E-state index in [0.29, 0.717) is 11.1 Å². The number of benzene rings is 2. The van der Waals surface area contributed by atoms with Crippen LogP contribution in [0.4, 0.5) is 5.69 Å². The van der Waals surface area contributed by atoms with Gasteiger partial charge < -0.3 is 5.32 Å². The molecule has 0 radical (unpaired) electrons. The van der Waals surface area contributed by atoms with Crippen LogP contribution < -0.4 is 5.32 Å². The third-order valence-corrected chi connectivity index (χ3v) is 4.98. The summed E-state index contributed by atoms with van der Waals surface area (Å²) in [5.74, 6) is 0.577. The Labute approximate surface area is 123 Å². The van der Waals surface area contributed by atoms with E-state index in [1.807, 2.05) is 11.8 Å². The summed E-state index contributed by atoms with van der Waals surface area (Å²) in [5, 5.41) is 4.14. The van der Waals surface area contributed by atoms with Crippen molar-refractivity contribution in [2.24, 2.45) is 0 Å². The number of thioether (sulfide) groups is 1. The highest BCUT2D eigenvalue weighted by atomic mass is 35.5. The van der Waals surface area contributed by atoms with Gasteiger partial charge in [0.2, 0.25) is 0 Å². The molecule has 1 aliphatic rings. The van der Waals surface area contributed by atoms with Crippen LogP contribution in [0.1, 0.15) is 11.1 Å². The summed E-state index contributed by atoms with van der Waals surface area (Å²) in [7, 11) is 0. The van der Waals surface area contributed by atoms with Crippen molar-refractivity contribution in [2.75, 3.05) is 11.9 Å². The molecule has 0 aromatic heterocycles. The Morgan fingerprint density at radius 2 is 1.89 bits per heavy atom. The molecule has 19 heavy (non-hydrogen) atoms. The van der Waals surface area contributed by atoms with Gasteiger partial charge in [0.1, 0.15) is 0 Å². The molecule has 0 amide bonds. The van der Waals surface area contributed by atoms with Crippen LogP contribution in [0, 0.1) is 0 Å². The van der Waals surface area contributed by atoms with Crippen LogP contribution >= 0.6 is 23.4 Å². The zero-order valence-corrected chi connectivity index (χ0v) is 12.2. The fraction of sp³-hybridized carbons (Fsp3) is 0.250. The van der Waals surface area contributed by atoms with Gasteiger partial charge in [0.05, 0.1) is 0 Å². The van der Waals surface area contributed by atoms with Crippen molar-refractivity contribution >= 4 is 29.1 Å². The molecule has 3 rings (SSSR count). The quantitative estimate of drug-likeness (QED) is 0.829. The van der Waals surface area contributed by atoms with Crippen LogP contribution in [0.2, 0.25) is 0 Å². The number of anilines is 1. The molecule has 1 nitrogen and oxygen atoms in total. The average molecular weight is 290 g/mol. The molecule has 0 saturated carbocycles. The predicted octanol–water partition coefficient (Wildman–Crippen LogP) is 4.55. The maximum Gasteiger partial charge on any atom is 0.0474 e. The highest BCUT2D eigenvalue weighted by Crippen LogP contribution is 2.36. The minimum absolute atomic E-state index is 0.577. The number of alkyl halides is 1. The number of fused-ring (bicyclic) bond motifs is 1. The fourth-order valence-electron chi connectivity index (χ4n) is 2.31. The second-order valence-electron chi connectivity index (χ2n) is 4.76. The molecule has 0 fully saturated rings. The lowest BCUT2D eigenvalue weighted by molar-refractivity contribution is 0.899. The second-order valence-corrected chi connectivity index (χ2v) is 6.37. The van der Waals surface area contributed by atoms with Crippen LogP contribution in [0.3, 0.4) is 0 Å². The average Bonchev–Trinajstić information content (AvgIpc) is 2.88. The van der Waals surface area contributed by atoms with E-state index in [2.05, 4.69) is 53.8 Å². The molecule has 1 aliphatic heterocycles. The first-order chi connectivity index (χ1) is 9.35. The lowest BCUT2D eigenvalue weighted by atomic mass is 10.1. The van der Waals surface area contributed by atoms with Gasteiger partial charge in [0, 0.05) is 28.3 Å². The van der Waals surface area contributed by atoms with Gasteiger partial charge in [-0.2, -0.15) is 0 Å². The van der Waals surface area contributed by atoms with Gasteiger partial charge in [0.15, 0.2) is 0 Å². The van der Waals surface area contributed by atoms with E-state index in [1.54, 1.807) is 0 Å². The number of hydrogen-bond donors (Lipinski definition) is 1. The summed E-state index contributed by atoms with van der Waals surface area (Å²) in [4.78, 5) is 1.44. The zero-order chi connectivity index (χ0) is 13.1. The lowest BCUT2D eigenvalue weighted by Crippen LogP contribution is -2.15. The number of nitrogens with one attached hydrogen (secondary N) is 1. The molecule has 0 saturated heterocycles. The summed E-state index contributed by atoms with van der Waals surface area (Å²) < 4.78 is 0. The Morgan fingerprint density at radius 3 is 2.63 bits per heavy atom. The van der Waals surface area contributed by atoms with E-state index in [1.165, 1.54) is 16.1 Å². The lowest BCUT2D eigenvalue weighted by Gasteiger charge is -2.11. The van der Waals surface area contributed by atoms with Crippen LogP contribution in [0.25, 0.3) is 0 Å². The third kappa shape index (κ3) is 3.07. The smallest absolute Gasteiger partial charge is 0.0474 e. The summed E-state index contributed by atoms with van der Waals surface area (Å²) in [5.41, 5.74) is 3.82. The SMILES string of the molecule is ClCc1ccc(NCC2Cc3ccccc3S2)cc1. The molecule has 1 N–H and O–H groups in total. The first kappa shape index (κ1) is 12.9. The molecule has 0 spiro atoms. The molecule has 1 heterocycles. The van der Waals surface area contributed by atoms with Crippen molar-refractivity contribution in [1.29, 1.82) is 0 Å². The standard InChI is InChI=1S/C16H16ClNS/c17-10-12-5-7-14(8-6-12)18-11-15-9-13-3-1-2-4-16(13)19-15/h1-8,15,18H,9-11H2. The maximum atomic E-state index is 5.79. The normalized spacial score (nSPS) is 17.2. The van der Waals surface area contributed by atoms with E-state index in [4.69, 9.17) is 11.6 Å². The van der Waals surface area contributed by atoms with E-state index in [0.717, 1.165) is 18.5 Å². The third-order valence-electron chi connectivity index (χ3n) is 3.36. The first-order valence-electron chi connectivity index (χ1n) is 6.48. The van der Waals surface area contributed by atoms with Crippen LogP contribution in [0.15, 0.2) is 53.4 Å². The minimum atomic E-state index is 0.577. The second kappa shape index (κ2) is 5.89. The van der Waals surface area contributed by atoms with E-state index in [9.17, 15) is 0 Å². The highest BCUT2D eigenvalue weighted by molar-refractivity contribution is 8.00. The van der Waals surface area contributed by atoms with Crippen molar-refractivity contribution < 1.29 is 0 Å². The van der Waals surface area contributed by atoms with Crippen LogP contribution in [0.5, 0.6) is 0 Å². The summed E-state index contributed by atoms with van der Waals surface area (Å²) in [6, 6.07) is 17.0. The molecule has 2 aromatic carbocycles. The van der Waals surface area contributed by atoms with Crippen molar-refractivity contribution in [3.63, 3.8) is 0 Å². The van der Waals surface area contributed by atoms with Crippen LogP contribution in [-0.2, 0) is 12.3 Å². The van der Waals surface area contributed by atoms with Crippen molar-refractivity contribution in [3.05, 3.63) is 59.7 Å². The first-order valence-corrected chi connectivity index (χ1v) is 7.90. The Balaban J connectivity index is 1.56. The molecule has 1 atom stereocenters. The largest absolute Gasteiger partial charge is 0.384 e. The molecule has 0 aliphatic carbocycles. The summed E-state index contributed by atoms with van der Waals surface area (Å²) in [6.45, 7) is 1.000. The van der Waals surface area contributed by atoms with Gasteiger partial charge >= 0.3 is 0 Å². The molecule has 2 aromatic rings. The van der Waals surface area contributed by atoms with E-state index < -0.39 is 0 Å². The highest BCUT2D eigenvalue weighted by Gasteiger charge is 2.21. The monoisotopic (exact) mass is 289 g/mol. The Kier molecular flexibility index (Phi) is 4.00. The molecule has 98 valence electrons. The predicted molar refractivity (Wildman–Crippen MR) is 84.3 cm³/mol. The van der Waals surface area contributed by atoms with Crippen molar-refractivity contribution in [2.45, 2.75) is 22.4 Å². The van der Waals surface area contributed by atoms with Gasteiger partial charge in [-0.25, -0.2) is 0 Å². The maximum absolute atomic E-state index is 5.79. The molecular weight excluding hydrogens is 274 g/mol. The molecule has 3 heteroatoms. The molecular formula is C16H16ClNS. The van der Waals surface area contributed by atoms with Crippen molar-refractivity contribution in [1.82, 2.24) is 0 Å².